The highest BCUT2D eigenvalue weighted by molar-refractivity contribution is 8.08. The summed E-state index contributed by atoms with van der Waals surface area (Å²) in [5, 5.41) is 2.45. The fraction of sp³-hybridized carbons (Fsp3) is 0.583. The van der Waals surface area contributed by atoms with Crippen LogP contribution in [0.15, 0.2) is 20.7 Å². The molecule has 0 bridgehead atoms. The summed E-state index contributed by atoms with van der Waals surface area (Å²) in [7, 11) is 0. The second-order valence-corrected chi connectivity index (χ2v) is 12.8. The molecule has 0 atom stereocenters. The molecule has 0 N–H and O–H groups in total. The molecule has 0 spiro atoms. The van der Waals surface area contributed by atoms with E-state index in [0.29, 0.717) is 0 Å². The SMILES string of the molecule is CCCCc1c(CC)csc1-c1sc(C(SC)=C2CCCCC2)c2c1SCCS2. The lowest BCUT2D eigenvalue weighted by Gasteiger charge is -2.19. The number of thioether (sulfide) groups is 3. The molecule has 2 aromatic rings. The van der Waals surface area contributed by atoms with E-state index in [1.165, 1.54) is 62.9 Å². The predicted octanol–water partition coefficient (Wildman–Crippen LogP) is 9.62. The van der Waals surface area contributed by atoms with Crippen molar-refractivity contribution in [1.82, 2.24) is 0 Å². The molecule has 0 unspecified atom stereocenters. The van der Waals surface area contributed by atoms with Crippen LogP contribution < -0.4 is 0 Å². The van der Waals surface area contributed by atoms with Gasteiger partial charge in [0.1, 0.15) is 0 Å². The van der Waals surface area contributed by atoms with E-state index in [1.807, 2.05) is 23.1 Å². The maximum Gasteiger partial charge on any atom is 0.0599 e. The molecular formula is C24H32S5. The van der Waals surface area contributed by atoms with Crippen LogP contribution in [0.3, 0.4) is 0 Å². The smallest absolute Gasteiger partial charge is 0.0599 e. The lowest BCUT2D eigenvalue weighted by Crippen LogP contribution is -1.98. The molecule has 3 heterocycles. The van der Waals surface area contributed by atoms with Gasteiger partial charge in [-0.25, -0.2) is 0 Å². The first kappa shape index (κ1) is 22.4. The van der Waals surface area contributed by atoms with Crippen molar-refractivity contribution < 1.29 is 0 Å². The van der Waals surface area contributed by atoms with Crippen molar-refractivity contribution in [1.29, 1.82) is 0 Å². The third-order valence-electron chi connectivity index (χ3n) is 5.94. The van der Waals surface area contributed by atoms with Gasteiger partial charge in [-0.1, -0.05) is 32.3 Å². The number of rotatable bonds is 7. The van der Waals surface area contributed by atoms with E-state index in [9.17, 15) is 0 Å². The summed E-state index contributed by atoms with van der Waals surface area (Å²) in [4.78, 5) is 9.61. The Morgan fingerprint density at radius 1 is 1.00 bits per heavy atom. The van der Waals surface area contributed by atoms with Crippen molar-refractivity contribution in [3.63, 3.8) is 0 Å². The molecule has 0 saturated heterocycles. The van der Waals surface area contributed by atoms with E-state index < -0.39 is 0 Å². The lowest BCUT2D eigenvalue weighted by molar-refractivity contribution is 0.602. The van der Waals surface area contributed by atoms with Crippen LogP contribution in [0, 0.1) is 0 Å². The van der Waals surface area contributed by atoms with Crippen molar-refractivity contribution in [2.24, 2.45) is 0 Å². The van der Waals surface area contributed by atoms with Gasteiger partial charge in [-0.3, -0.25) is 0 Å². The van der Waals surface area contributed by atoms with Gasteiger partial charge in [0.15, 0.2) is 0 Å². The van der Waals surface area contributed by atoms with Crippen LogP contribution in [0.5, 0.6) is 0 Å². The minimum Gasteiger partial charge on any atom is -0.142 e. The minimum atomic E-state index is 1.16. The molecule has 1 saturated carbocycles. The van der Waals surface area contributed by atoms with Gasteiger partial charge in [-0.15, -0.1) is 58.0 Å². The molecule has 1 fully saturated rings. The number of allylic oxidation sites excluding steroid dienone is 1. The Morgan fingerprint density at radius 2 is 1.76 bits per heavy atom. The van der Waals surface area contributed by atoms with Crippen LogP contribution >= 0.6 is 58.0 Å². The quantitative estimate of drug-likeness (QED) is 0.387. The van der Waals surface area contributed by atoms with Gasteiger partial charge in [0.25, 0.3) is 0 Å². The molecule has 2 aliphatic rings. The Bertz CT molecular complexity index is 862. The van der Waals surface area contributed by atoms with Gasteiger partial charge in [-0.2, -0.15) is 0 Å². The van der Waals surface area contributed by atoms with Crippen LogP contribution in [-0.4, -0.2) is 17.8 Å². The van der Waals surface area contributed by atoms with Gasteiger partial charge in [-0.05, 0) is 67.7 Å². The van der Waals surface area contributed by atoms with Gasteiger partial charge < -0.3 is 0 Å². The van der Waals surface area contributed by atoms with E-state index in [0.717, 1.165) is 6.42 Å². The predicted molar refractivity (Wildman–Crippen MR) is 141 cm³/mol. The van der Waals surface area contributed by atoms with Crippen molar-refractivity contribution in [3.05, 3.63) is 27.0 Å². The maximum atomic E-state index is 2.45. The second-order valence-electron chi connectivity index (χ2n) is 7.84. The fourth-order valence-electron chi connectivity index (χ4n) is 4.39. The molecule has 29 heavy (non-hydrogen) atoms. The number of hydrogen-bond acceptors (Lipinski definition) is 5. The molecule has 5 heteroatoms. The van der Waals surface area contributed by atoms with Gasteiger partial charge >= 0.3 is 0 Å². The number of unbranched alkanes of at least 4 members (excludes halogenated alkanes) is 1. The zero-order valence-corrected chi connectivity index (χ0v) is 22.0. The standard InChI is InChI=1S/C24H32S5/c1-4-6-12-18-16(5-2)15-28-20(18)24-22-21(26-13-14-27-22)23(29-24)19(25-3)17-10-8-7-9-11-17/h15H,4-14H2,1-3H3. The summed E-state index contributed by atoms with van der Waals surface area (Å²) in [6.07, 6.45) is 14.1. The first-order valence-corrected chi connectivity index (χ1v) is 16.0. The monoisotopic (exact) mass is 480 g/mol. The second kappa shape index (κ2) is 10.7. The van der Waals surface area contributed by atoms with E-state index in [1.54, 1.807) is 46.0 Å². The van der Waals surface area contributed by atoms with Crippen LogP contribution in [0.2, 0.25) is 0 Å². The van der Waals surface area contributed by atoms with Gasteiger partial charge in [0.2, 0.25) is 0 Å². The summed E-state index contributed by atoms with van der Waals surface area (Å²) in [5.41, 5.74) is 4.98. The zero-order valence-electron chi connectivity index (χ0n) is 17.9. The Morgan fingerprint density at radius 3 is 2.45 bits per heavy atom. The molecule has 0 nitrogen and oxygen atoms in total. The van der Waals surface area contributed by atoms with Gasteiger partial charge in [0, 0.05) is 31.1 Å². The Labute approximate surface area is 197 Å². The third-order valence-corrected chi connectivity index (χ3v) is 12.3. The molecule has 4 rings (SSSR count). The number of fused-ring (bicyclic) bond motifs is 1. The first-order valence-electron chi connectivity index (χ1n) is 11.1. The maximum absolute atomic E-state index is 2.45. The molecule has 158 valence electrons. The number of thiophene rings is 2. The fourth-order valence-corrected chi connectivity index (χ4v) is 11.2. The first-order chi connectivity index (χ1) is 14.3. The highest BCUT2D eigenvalue weighted by Crippen LogP contribution is 2.56. The third kappa shape index (κ3) is 4.69. The summed E-state index contributed by atoms with van der Waals surface area (Å²) in [5.74, 6) is 2.51. The normalized spacial score (nSPS) is 16.9. The lowest BCUT2D eigenvalue weighted by atomic mass is 9.94. The van der Waals surface area contributed by atoms with Crippen molar-refractivity contribution in [2.45, 2.75) is 81.4 Å². The van der Waals surface area contributed by atoms with Gasteiger partial charge in [0.05, 0.1) is 9.75 Å². The molecule has 1 aliphatic carbocycles. The molecule has 0 amide bonds. The summed E-state index contributed by atoms with van der Waals surface area (Å²) < 4.78 is 0. The molecule has 1 aliphatic heterocycles. The van der Waals surface area contributed by atoms with Crippen molar-refractivity contribution in [2.75, 3.05) is 17.8 Å². The van der Waals surface area contributed by atoms with Crippen LogP contribution in [0.1, 0.15) is 74.8 Å². The highest BCUT2D eigenvalue weighted by Gasteiger charge is 2.28. The Hall–Kier alpha value is 0.190. The average molecular weight is 481 g/mol. The van der Waals surface area contributed by atoms with Crippen LogP contribution in [-0.2, 0) is 12.8 Å². The summed E-state index contributed by atoms with van der Waals surface area (Å²) in [6.45, 7) is 4.64. The summed E-state index contributed by atoms with van der Waals surface area (Å²) >= 11 is 10.4. The minimum absolute atomic E-state index is 1.16. The Balaban J connectivity index is 1.83. The van der Waals surface area contributed by atoms with E-state index in [-0.39, 0.29) is 0 Å². The molecule has 0 radical (unpaired) electrons. The van der Waals surface area contributed by atoms with E-state index in [2.05, 4.69) is 60.3 Å². The topological polar surface area (TPSA) is 0 Å². The zero-order chi connectivity index (χ0) is 20.2. The average Bonchev–Trinajstić information content (AvgIpc) is 3.35. The van der Waals surface area contributed by atoms with Crippen molar-refractivity contribution >= 4 is 62.9 Å². The number of hydrogen-bond donors (Lipinski definition) is 0. The van der Waals surface area contributed by atoms with Crippen LogP contribution in [0.25, 0.3) is 14.7 Å². The molecular weight excluding hydrogens is 449 g/mol. The molecule has 2 aromatic heterocycles. The van der Waals surface area contributed by atoms with E-state index >= 15 is 0 Å². The van der Waals surface area contributed by atoms with E-state index in [4.69, 9.17) is 0 Å². The largest absolute Gasteiger partial charge is 0.142 e. The summed E-state index contributed by atoms with van der Waals surface area (Å²) in [6, 6.07) is 0. The van der Waals surface area contributed by atoms with Crippen molar-refractivity contribution in [3.8, 4) is 9.75 Å². The highest BCUT2D eigenvalue weighted by atomic mass is 32.2. The molecule has 0 aromatic carbocycles. The Kier molecular flexibility index (Phi) is 8.24. The van der Waals surface area contributed by atoms with Crippen LogP contribution in [0.4, 0.5) is 0 Å². The number of aryl methyl sites for hydroxylation is 1.